The van der Waals surface area contributed by atoms with E-state index in [1.54, 1.807) is 6.08 Å². The van der Waals surface area contributed by atoms with E-state index >= 15 is 0 Å². The number of ether oxygens (including phenoxy) is 1. The van der Waals surface area contributed by atoms with Crippen molar-refractivity contribution in [2.24, 2.45) is 0 Å². The van der Waals surface area contributed by atoms with Crippen LogP contribution in [0.4, 0.5) is 0 Å². The summed E-state index contributed by atoms with van der Waals surface area (Å²) >= 11 is 6.01. The molecule has 20 heavy (non-hydrogen) atoms. The number of rotatable bonds is 5. The zero-order chi connectivity index (χ0) is 14.4. The predicted octanol–water partition coefficient (Wildman–Crippen LogP) is 5.63. The normalized spacial score (nSPS) is 16.5. The van der Waals surface area contributed by atoms with Gasteiger partial charge in [-0.2, -0.15) is 0 Å². The Hall–Kier alpha value is -1.73. The summed E-state index contributed by atoms with van der Waals surface area (Å²) in [6.07, 6.45) is 12.9. The van der Waals surface area contributed by atoms with E-state index in [0.717, 1.165) is 41.4 Å². The van der Waals surface area contributed by atoms with E-state index in [-0.39, 0.29) is 0 Å². The Morgan fingerprint density at radius 2 is 2.25 bits per heavy atom. The second kappa shape index (κ2) is 7.16. The van der Waals surface area contributed by atoms with Gasteiger partial charge in [0.15, 0.2) is 0 Å². The lowest BCUT2D eigenvalue weighted by atomic mass is 10.1. The van der Waals surface area contributed by atoms with E-state index in [1.165, 1.54) is 5.57 Å². The van der Waals surface area contributed by atoms with Gasteiger partial charge in [0, 0.05) is 17.0 Å². The molecule has 104 valence electrons. The van der Waals surface area contributed by atoms with Crippen molar-refractivity contribution >= 4 is 11.6 Å². The van der Waals surface area contributed by atoms with Gasteiger partial charge in [0.1, 0.15) is 11.5 Å². The van der Waals surface area contributed by atoms with Gasteiger partial charge in [-0.15, -0.1) is 0 Å². The maximum absolute atomic E-state index is 6.01. The van der Waals surface area contributed by atoms with Crippen LogP contribution in [0.5, 0.6) is 5.75 Å². The van der Waals surface area contributed by atoms with Crippen molar-refractivity contribution in [3.63, 3.8) is 0 Å². The molecule has 2 rings (SSSR count). The summed E-state index contributed by atoms with van der Waals surface area (Å²) < 4.78 is 5.86. The van der Waals surface area contributed by atoms with Crippen molar-refractivity contribution in [3.8, 4) is 5.75 Å². The first-order valence-corrected chi connectivity index (χ1v) is 7.26. The highest BCUT2D eigenvalue weighted by Gasteiger charge is 2.17. The molecule has 1 aliphatic rings. The Morgan fingerprint density at radius 1 is 1.40 bits per heavy atom. The van der Waals surface area contributed by atoms with Gasteiger partial charge in [0.05, 0.1) is 0 Å². The molecule has 1 heterocycles. The molecule has 0 atom stereocenters. The van der Waals surface area contributed by atoms with Crippen LogP contribution >= 0.6 is 11.6 Å². The third kappa shape index (κ3) is 3.88. The molecule has 0 saturated carbocycles. The van der Waals surface area contributed by atoms with Crippen LogP contribution in [0.1, 0.15) is 25.3 Å². The number of halogens is 1. The second-order valence-electron chi connectivity index (χ2n) is 4.75. The Kier molecular flexibility index (Phi) is 5.25. The zero-order valence-corrected chi connectivity index (χ0v) is 12.5. The zero-order valence-electron chi connectivity index (χ0n) is 11.7. The van der Waals surface area contributed by atoms with Crippen LogP contribution in [0.3, 0.4) is 0 Å². The Balaban J connectivity index is 2.16. The highest BCUT2D eigenvalue weighted by atomic mass is 35.5. The molecular formula is C18H19ClO. The third-order valence-corrected chi connectivity index (χ3v) is 3.31. The minimum Gasteiger partial charge on any atom is -0.461 e. The lowest BCUT2D eigenvalue weighted by Crippen LogP contribution is -1.90. The summed E-state index contributed by atoms with van der Waals surface area (Å²) in [4.78, 5) is 0. The fourth-order valence-electron chi connectivity index (χ4n) is 2.19. The average Bonchev–Trinajstić information content (AvgIpc) is 2.80. The van der Waals surface area contributed by atoms with E-state index in [1.807, 2.05) is 30.4 Å². The van der Waals surface area contributed by atoms with Gasteiger partial charge in [0.2, 0.25) is 0 Å². The van der Waals surface area contributed by atoms with E-state index in [4.69, 9.17) is 16.3 Å². The topological polar surface area (TPSA) is 9.23 Å². The maximum Gasteiger partial charge on any atom is 0.130 e. The van der Waals surface area contributed by atoms with E-state index in [2.05, 4.69) is 25.7 Å². The minimum atomic E-state index is 0.756. The summed E-state index contributed by atoms with van der Waals surface area (Å²) in [5.74, 6) is 1.90. The molecule has 0 N–H and O–H groups in total. The SMILES string of the molecule is C=C\C=C/C=C(/C=C1\Cc2cc(Cl)ccc2O1)CCC. The summed E-state index contributed by atoms with van der Waals surface area (Å²) in [5.41, 5.74) is 2.42. The van der Waals surface area contributed by atoms with E-state index in [9.17, 15) is 0 Å². The van der Waals surface area contributed by atoms with E-state index in [0.29, 0.717) is 0 Å². The Morgan fingerprint density at radius 3 is 3.00 bits per heavy atom. The first-order chi connectivity index (χ1) is 9.72. The van der Waals surface area contributed by atoms with Gasteiger partial charge in [-0.1, -0.05) is 55.8 Å². The summed E-state index contributed by atoms with van der Waals surface area (Å²) in [5, 5.41) is 0.756. The standard InChI is InChI=1S/C18H19ClO/c1-3-5-6-8-14(7-4-2)11-17-13-15-12-16(19)9-10-18(15)20-17/h3,5-6,8-12H,1,4,7,13H2,2H3/b6-5-,14-8+,17-11+. The van der Waals surface area contributed by atoms with Crippen LogP contribution < -0.4 is 4.74 Å². The smallest absolute Gasteiger partial charge is 0.130 e. The summed E-state index contributed by atoms with van der Waals surface area (Å²) in [7, 11) is 0. The molecule has 0 aromatic heterocycles. The molecule has 0 fully saturated rings. The summed E-state index contributed by atoms with van der Waals surface area (Å²) in [6.45, 7) is 5.85. The maximum atomic E-state index is 6.01. The highest BCUT2D eigenvalue weighted by Crippen LogP contribution is 2.33. The number of hydrogen-bond acceptors (Lipinski definition) is 1. The Labute approximate surface area is 125 Å². The fraction of sp³-hybridized carbons (Fsp3) is 0.222. The molecule has 1 aliphatic heterocycles. The molecule has 0 radical (unpaired) electrons. The van der Waals surface area contributed by atoms with Crippen LogP contribution in [-0.4, -0.2) is 0 Å². The number of benzene rings is 1. The van der Waals surface area contributed by atoms with Crippen molar-refractivity contribution in [3.05, 3.63) is 77.1 Å². The van der Waals surface area contributed by atoms with Gasteiger partial charge in [-0.25, -0.2) is 0 Å². The molecule has 1 aromatic carbocycles. The van der Waals surface area contributed by atoms with Crippen molar-refractivity contribution in [2.45, 2.75) is 26.2 Å². The largest absolute Gasteiger partial charge is 0.461 e. The number of fused-ring (bicyclic) bond motifs is 1. The average molecular weight is 287 g/mol. The molecule has 2 heteroatoms. The lowest BCUT2D eigenvalue weighted by Gasteiger charge is -2.02. The van der Waals surface area contributed by atoms with Crippen molar-refractivity contribution < 1.29 is 4.74 Å². The highest BCUT2D eigenvalue weighted by molar-refractivity contribution is 6.30. The molecule has 0 saturated heterocycles. The molecule has 0 spiro atoms. The third-order valence-electron chi connectivity index (χ3n) is 3.07. The van der Waals surface area contributed by atoms with Crippen molar-refractivity contribution in [1.29, 1.82) is 0 Å². The number of hydrogen-bond donors (Lipinski definition) is 0. The van der Waals surface area contributed by atoms with Crippen LogP contribution in [0, 0.1) is 0 Å². The van der Waals surface area contributed by atoms with Crippen molar-refractivity contribution in [1.82, 2.24) is 0 Å². The molecule has 0 amide bonds. The second-order valence-corrected chi connectivity index (χ2v) is 5.19. The number of allylic oxidation sites excluding steroid dienone is 7. The van der Waals surface area contributed by atoms with Crippen molar-refractivity contribution in [2.75, 3.05) is 0 Å². The van der Waals surface area contributed by atoms with Gasteiger partial charge in [-0.05, 0) is 36.3 Å². The van der Waals surface area contributed by atoms with Crippen LogP contribution in [0.2, 0.25) is 5.02 Å². The predicted molar refractivity (Wildman–Crippen MR) is 86.2 cm³/mol. The van der Waals surface area contributed by atoms with Gasteiger partial charge in [-0.3, -0.25) is 0 Å². The molecule has 0 unspecified atom stereocenters. The first kappa shape index (κ1) is 14.7. The first-order valence-electron chi connectivity index (χ1n) is 6.88. The van der Waals surface area contributed by atoms with Crippen LogP contribution in [0.15, 0.2) is 66.5 Å². The van der Waals surface area contributed by atoms with Gasteiger partial charge >= 0.3 is 0 Å². The van der Waals surface area contributed by atoms with Gasteiger partial charge in [0.25, 0.3) is 0 Å². The minimum absolute atomic E-state index is 0.756. The molecule has 0 aliphatic carbocycles. The molecule has 1 nitrogen and oxygen atoms in total. The fourth-order valence-corrected chi connectivity index (χ4v) is 2.38. The van der Waals surface area contributed by atoms with Crippen LogP contribution in [0.25, 0.3) is 0 Å². The molecule has 0 bridgehead atoms. The quantitative estimate of drug-likeness (QED) is 0.638. The molecular weight excluding hydrogens is 268 g/mol. The molecule has 1 aromatic rings. The monoisotopic (exact) mass is 286 g/mol. The Bertz CT molecular complexity index is 579. The summed E-state index contributed by atoms with van der Waals surface area (Å²) in [6, 6.07) is 5.76. The van der Waals surface area contributed by atoms with Gasteiger partial charge < -0.3 is 4.74 Å². The lowest BCUT2D eigenvalue weighted by molar-refractivity contribution is 0.445. The van der Waals surface area contributed by atoms with Crippen LogP contribution in [-0.2, 0) is 6.42 Å². The van der Waals surface area contributed by atoms with E-state index < -0.39 is 0 Å².